The summed E-state index contributed by atoms with van der Waals surface area (Å²) < 4.78 is 5.46. The van der Waals surface area contributed by atoms with Crippen molar-refractivity contribution in [2.24, 2.45) is 0 Å². The lowest BCUT2D eigenvalue weighted by Gasteiger charge is -2.27. The van der Waals surface area contributed by atoms with Gasteiger partial charge in [0.1, 0.15) is 0 Å². The summed E-state index contributed by atoms with van der Waals surface area (Å²) in [4.78, 5) is 3.98. The van der Waals surface area contributed by atoms with E-state index >= 15 is 0 Å². The Morgan fingerprint density at radius 1 is 1.21 bits per heavy atom. The molecule has 0 spiro atoms. The maximum atomic E-state index is 5.99. The summed E-state index contributed by atoms with van der Waals surface area (Å²) in [6.45, 7) is 5.94. The number of ether oxygens (including phenoxy) is 1. The van der Waals surface area contributed by atoms with E-state index in [1.807, 2.05) is 23.5 Å². The molecule has 0 bridgehead atoms. The highest BCUT2D eigenvalue weighted by Gasteiger charge is 2.16. The van der Waals surface area contributed by atoms with Crippen LogP contribution in [0.25, 0.3) is 0 Å². The number of thiophene rings is 1. The molecule has 1 saturated heterocycles. The van der Waals surface area contributed by atoms with Gasteiger partial charge < -0.3 is 15.4 Å². The lowest BCUT2D eigenvalue weighted by atomic mass is 10.0. The zero-order valence-corrected chi connectivity index (χ0v) is 15.8. The molecule has 1 aromatic heterocycles. The van der Waals surface area contributed by atoms with Crippen LogP contribution in [0.5, 0.6) is 0 Å². The molecule has 0 amide bonds. The van der Waals surface area contributed by atoms with Crippen LogP contribution in [0.4, 0.5) is 10.7 Å². The van der Waals surface area contributed by atoms with Gasteiger partial charge in [0.05, 0.1) is 28.9 Å². The molecule has 1 aliphatic rings. The smallest absolute Gasteiger partial charge is 0.0915 e. The van der Waals surface area contributed by atoms with Gasteiger partial charge in [-0.05, 0) is 55.0 Å². The maximum Gasteiger partial charge on any atom is 0.0915 e. The van der Waals surface area contributed by atoms with Gasteiger partial charge in [-0.25, -0.2) is 0 Å². The highest BCUT2D eigenvalue weighted by Crippen LogP contribution is 2.32. The molecule has 1 aliphatic heterocycles. The van der Waals surface area contributed by atoms with Crippen LogP contribution in [0.15, 0.2) is 24.3 Å². The van der Waals surface area contributed by atoms with Crippen molar-refractivity contribution in [3.05, 3.63) is 45.3 Å². The van der Waals surface area contributed by atoms with Crippen molar-refractivity contribution >= 4 is 33.6 Å². The SMILES string of the molecule is CCc1sc(N2CCOCC2)cc1CCCc1ccc(Cl)c(N)c1. The number of nitrogens with two attached hydrogens (primary N) is 1. The molecule has 0 saturated carbocycles. The van der Waals surface area contributed by atoms with Crippen LogP contribution >= 0.6 is 22.9 Å². The minimum atomic E-state index is 0.639. The van der Waals surface area contributed by atoms with Crippen molar-refractivity contribution in [1.82, 2.24) is 0 Å². The molecule has 3 nitrogen and oxygen atoms in total. The quantitative estimate of drug-likeness (QED) is 0.764. The summed E-state index contributed by atoms with van der Waals surface area (Å²) in [5.74, 6) is 0. The number of hydrogen-bond donors (Lipinski definition) is 1. The number of anilines is 2. The van der Waals surface area contributed by atoms with Crippen molar-refractivity contribution in [2.75, 3.05) is 36.9 Å². The first-order valence-corrected chi connectivity index (χ1v) is 9.85. The second-order valence-corrected chi connectivity index (χ2v) is 7.72. The molecule has 0 aliphatic carbocycles. The van der Waals surface area contributed by atoms with Gasteiger partial charge in [0.2, 0.25) is 0 Å². The average molecular weight is 365 g/mol. The molecule has 24 heavy (non-hydrogen) atoms. The van der Waals surface area contributed by atoms with Crippen LogP contribution in [-0.4, -0.2) is 26.3 Å². The first-order valence-electron chi connectivity index (χ1n) is 8.65. The highest BCUT2D eigenvalue weighted by atomic mass is 35.5. The Morgan fingerprint density at radius 3 is 2.71 bits per heavy atom. The Kier molecular flexibility index (Phi) is 6.04. The van der Waals surface area contributed by atoms with Gasteiger partial charge in [0.15, 0.2) is 0 Å². The molecule has 5 heteroatoms. The number of aryl methyl sites for hydroxylation is 3. The van der Waals surface area contributed by atoms with E-state index in [0.717, 1.165) is 52.0 Å². The van der Waals surface area contributed by atoms with Gasteiger partial charge in [0, 0.05) is 18.0 Å². The van der Waals surface area contributed by atoms with Gasteiger partial charge >= 0.3 is 0 Å². The van der Waals surface area contributed by atoms with Crippen molar-refractivity contribution in [1.29, 1.82) is 0 Å². The number of hydrogen-bond acceptors (Lipinski definition) is 4. The number of nitrogen functional groups attached to an aromatic ring is 1. The molecule has 2 N–H and O–H groups in total. The lowest BCUT2D eigenvalue weighted by molar-refractivity contribution is 0.123. The molecule has 0 radical (unpaired) electrons. The Bertz CT molecular complexity index is 680. The zero-order valence-electron chi connectivity index (χ0n) is 14.2. The second-order valence-electron chi connectivity index (χ2n) is 6.20. The van der Waals surface area contributed by atoms with E-state index in [1.54, 1.807) is 0 Å². The van der Waals surface area contributed by atoms with E-state index in [1.165, 1.54) is 21.0 Å². The Balaban J connectivity index is 1.61. The summed E-state index contributed by atoms with van der Waals surface area (Å²) in [6, 6.07) is 8.36. The second kappa shape index (κ2) is 8.24. The molecule has 2 heterocycles. The largest absolute Gasteiger partial charge is 0.398 e. The molecule has 0 unspecified atom stereocenters. The highest BCUT2D eigenvalue weighted by molar-refractivity contribution is 7.16. The van der Waals surface area contributed by atoms with Crippen molar-refractivity contribution in [3.8, 4) is 0 Å². The van der Waals surface area contributed by atoms with Crippen molar-refractivity contribution in [3.63, 3.8) is 0 Å². The molecule has 1 fully saturated rings. The normalized spacial score (nSPS) is 15.0. The maximum absolute atomic E-state index is 5.99. The van der Waals surface area contributed by atoms with E-state index in [4.69, 9.17) is 22.1 Å². The van der Waals surface area contributed by atoms with Gasteiger partial charge in [0.25, 0.3) is 0 Å². The Morgan fingerprint density at radius 2 is 2.00 bits per heavy atom. The summed E-state index contributed by atoms with van der Waals surface area (Å²) in [5, 5.41) is 2.04. The molecule has 3 rings (SSSR count). The molecular formula is C19H25ClN2OS. The average Bonchev–Trinajstić information content (AvgIpc) is 3.02. The van der Waals surface area contributed by atoms with E-state index in [0.29, 0.717) is 10.7 Å². The summed E-state index contributed by atoms with van der Waals surface area (Å²) in [7, 11) is 0. The van der Waals surface area contributed by atoms with Crippen LogP contribution in [-0.2, 0) is 24.0 Å². The van der Waals surface area contributed by atoms with Gasteiger partial charge in [-0.1, -0.05) is 24.6 Å². The standard InChI is InChI=1S/C19H25ClN2OS/c1-2-18-15(13-19(24-18)22-8-10-23-11-9-22)5-3-4-14-6-7-16(20)17(21)12-14/h6-7,12-13H,2-5,8-11,21H2,1H3. The Hall–Kier alpha value is -1.23. The Labute approximate surface area is 153 Å². The fraction of sp³-hybridized carbons (Fsp3) is 0.474. The van der Waals surface area contributed by atoms with Crippen molar-refractivity contribution < 1.29 is 4.74 Å². The third-order valence-corrected chi connectivity index (χ3v) is 6.23. The van der Waals surface area contributed by atoms with Crippen LogP contribution in [0.1, 0.15) is 29.3 Å². The zero-order chi connectivity index (χ0) is 16.9. The van der Waals surface area contributed by atoms with E-state index < -0.39 is 0 Å². The fourth-order valence-corrected chi connectivity index (χ4v) is 4.45. The molecular weight excluding hydrogens is 340 g/mol. The molecule has 0 atom stereocenters. The van der Waals surface area contributed by atoms with Crippen LogP contribution in [0.2, 0.25) is 5.02 Å². The predicted molar refractivity (Wildman–Crippen MR) is 105 cm³/mol. The minimum Gasteiger partial charge on any atom is -0.398 e. The third kappa shape index (κ3) is 4.24. The summed E-state index contributed by atoms with van der Waals surface area (Å²) in [5.41, 5.74) is 9.33. The van der Waals surface area contributed by atoms with Gasteiger partial charge in [-0.15, -0.1) is 11.3 Å². The van der Waals surface area contributed by atoms with Gasteiger partial charge in [-0.2, -0.15) is 0 Å². The van der Waals surface area contributed by atoms with Crippen LogP contribution < -0.4 is 10.6 Å². The number of rotatable bonds is 6. The van der Waals surface area contributed by atoms with Crippen LogP contribution in [0, 0.1) is 0 Å². The first-order chi connectivity index (χ1) is 11.7. The topological polar surface area (TPSA) is 38.5 Å². The number of benzene rings is 1. The van der Waals surface area contributed by atoms with E-state index in [9.17, 15) is 0 Å². The molecule has 2 aromatic rings. The fourth-order valence-electron chi connectivity index (χ4n) is 3.13. The monoisotopic (exact) mass is 364 g/mol. The number of nitrogens with zero attached hydrogens (tertiary/aromatic N) is 1. The first kappa shape index (κ1) is 17.6. The van der Waals surface area contributed by atoms with Crippen molar-refractivity contribution in [2.45, 2.75) is 32.6 Å². The van der Waals surface area contributed by atoms with E-state index in [2.05, 4.69) is 24.0 Å². The number of morpholine rings is 1. The third-order valence-electron chi connectivity index (χ3n) is 4.50. The van der Waals surface area contributed by atoms with Gasteiger partial charge in [-0.3, -0.25) is 0 Å². The van der Waals surface area contributed by atoms with E-state index in [-0.39, 0.29) is 0 Å². The molecule has 130 valence electrons. The lowest BCUT2D eigenvalue weighted by Crippen LogP contribution is -2.35. The van der Waals surface area contributed by atoms with Crippen LogP contribution in [0.3, 0.4) is 0 Å². The predicted octanol–water partition coefficient (Wildman–Crippen LogP) is 4.56. The summed E-state index contributed by atoms with van der Waals surface area (Å²) in [6.07, 6.45) is 4.39. The minimum absolute atomic E-state index is 0.639. The molecule has 1 aromatic carbocycles. The number of halogens is 1. The summed E-state index contributed by atoms with van der Waals surface area (Å²) >= 11 is 7.94.